The van der Waals surface area contributed by atoms with E-state index in [2.05, 4.69) is 10.5 Å². The first kappa shape index (κ1) is 13.4. The highest BCUT2D eigenvalue weighted by atomic mass is 35.5. The van der Waals surface area contributed by atoms with Crippen LogP contribution in [0.25, 0.3) is 11.3 Å². The summed E-state index contributed by atoms with van der Waals surface area (Å²) in [6, 6.07) is 11.0. The number of hydrogen-bond acceptors (Lipinski definition) is 3. The van der Waals surface area contributed by atoms with E-state index in [1.165, 1.54) is 6.21 Å². The first-order valence-corrected chi connectivity index (χ1v) is 6.25. The highest BCUT2D eigenvalue weighted by molar-refractivity contribution is 6.33. The standard InChI is InChI=1S/C14H13ClN2O2/c1-2-14(18)17-16-9-10-7-8-13(19-10)11-5-3-4-6-12(11)15/h3-9H,2H2,1H3,(H,17,18). The fourth-order valence-electron chi connectivity index (χ4n) is 1.47. The summed E-state index contributed by atoms with van der Waals surface area (Å²) in [5.74, 6) is 1.06. The molecule has 1 N–H and O–H groups in total. The van der Waals surface area contributed by atoms with E-state index in [0.717, 1.165) is 5.56 Å². The van der Waals surface area contributed by atoms with Crippen LogP contribution in [-0.4, -0.2) is 12.1 Å². The zero-order valence-electron chi connectivity index (χ0n) is 10.4. The molecule has 0 aliphatic rings. The van der Waals surface area contributed by atoms with Gasteiger partial charge >= 0.3 is 0 Å². The molecule has 4 nitrogen and oxygen atoms in total. The lowest BCUT2D eigenvalue weighted by Gasteiger charge is -1.98. The molecule has 0 unspecified atom stereocenters. The van der Waals surface area contributed by atoms with Crippen LogP contribution in [0.4, 0.5) is 0 Å². The predicted octanol–water partition coefficient (Wildman–Crippen LogP) is 3.46. The number of hydrazone groups is 1. The molecule has 98 valence electrons. The lowest BCUT2D eigenvalue weighted by atomic mass is 10.2. The number of halogens is 1. The number of hydrogen-bond donors (Lipinski definition) is 1. The van der Waals surface area contributed by atoms with Gasteiger partial charge in [-0.3, -0.25) is 4.79 Å². The van der Waals surface area contributed by atoms with Crippen LogP contribution in [-0.2, 0) is 4.79 Å². The Morgan fingerprint density at radius 1 is 1.37 bits per heavy atom. The lowest BCUT2D eigenvalue weighted by Crippen LogP contribution is -2.15. The highest BCUT2D eigenvalue weighted by Gasteiger charge is 2.06. The zero-order valence-corrected chi connectivity index (χ0v) is 11.1. The SMILES string of the molecule is CCC(=O)NN=Cc1ccc(-c2ccccc2Cl)o1. The number of furan rings is 1. The van der Waals surface area contributed by atoms with Crippen molar-refractivity contribution in [3.63, 3.8) is 0 Å². The molecule has 19 heavy (non-hydrogen) atoms. The van der Waals surface area contributed by atoms with Gasteiger partial charge in [-0.25, -0.2) is 5.43 Å². The maximum absolute atomic E-state index is 11.0. The Labute approximate surface area is 116 Å². The average molecular weight is 277 g/mol. The molecule has 0 aliphatic heterocycles. The molecule has 0 bridgehead atoms. The number of nitrogens with zero attached hydrogens (tertiary/aromatic N) is 1. The van der Waals surface area contributed by atoms with Gasteiger partial charge in [-0.1, -0.05) is 30.7 Å². The molecule has 0 atom stereocenters. The maximum atomic E-state index is 11.0. The van der Waals surface area contributed by atoms with Crippen LogP contribution in [0.3, 0.4) is 0 Å². The van der Waals surface area contributed by atoms with Crippen molar-refractivity contribution in [3.8, 4) is 11.3 Å². The normalized spacial score (nSPS) is 10.8. The van der Waals surface area contributed by atoms with Crippen LogP contribution in [0.15, 0.2) is 45.9 Å². The van der Waals surface area contributed by atoms with Crippen LogP contribution in [0.5, 0.6) is 0 Å². The van der Waals surface area contributed by atoms with Gasteiger partial charge in [-0.2, -0.15) is 5.10 Å². The fraction of sp³-hybridized carbons (Fsp3) is 0.143. The molecule has 0 saturated heterocycles. The van der Waals surface area contributed by atoms with Crippen molar-refractivity contribution in [2.75, 3.05) is 0 Å². The molecular weight excluding hydrogens is 264 g/mol. The summed E-state index contributed by atoms with van der Waals surface area (Å²) >= 11 is 6.08. The number of amides is 1. The van der Waals surface area contributed by atoms with E-state index in [9.17, 15) is 4.79 Å². The second-order valence-corrected chi connectivity index (χ2v) is 4.24. The summed E-state index contributed by atoms with van der Waals surface area (Å²) in [5.41, 5.74) is 3.21. The Hall–Kier alpha value is -2.07. The Bertz CT molecular complexity index is 605. The van der Waals surface area contributed by atoms with Gasteiger partial charge in [0.15, 0.2) is 0 Å². The Morgan fingerprint density at radius 2 is 2.16 bits per heavy atom. The van der Waals surface area contributed by atoms with Crippen molar-refractivity contribution in [1.29, 1.82) is 0 Å². The third-order valence-corrected chi connectivity index (χ3v) is 2.80. The first-order valence-electron chi connectivity index (χ1n) is 5.87. The second kappa shape index (κ2) is 6.20. The summed E-state index contributed by atoms with van der Waals surface area (Å²) < 4.78 is 5.58. The molecule has 1 aromatic carbocycles. The largest absolute Gasteiger partial charge is 0.455 e. The van der Waals surface area contributed by atoms with Gasteiger partial charge in [0, 0.05) is 12.0 Å². The molecule has 1 aromatic heterocycles. The van der Waals surface area contributed by atoms with Gasteiger partial charge in [-0.15, -0.1) is 0 Å². The van der Waals surface area contributed by atoms with Crippen molar-refractivity contribution in [2.24, 2.45) is 5.10 Å². The minimum atomic E-state index is -0.144. The van der Waals surface area contributed by atoms with Crippen molar-refractivity contribution < 1.29 is 9.21 Å². The highest BCUT2D eigenvalue weighted by Crippen LogP contribution is 2.28. The van der Waals surface area contributed by atoms with E-state index >= 15 is 0 Å². The molecule has 0 fully saturated rings. The third kappa shape index (κ3) is 3.45. The zero-order chi connectivity index (χ0) is 13.7. The summed E-state index contributed by atoms with van der Waals surface area (Å²) in [5, 5.41) is 4.42. The van der Waals surface area contributed by atoms with Gasteiger partial charge < -0.3 is 4.42 Å². The van der Waals surface area contributed by atoms with Crippen LogP contribution in [0.2, 0.25) is 5.02 Å². The quantitative estimate of drug-likeness (QED) is 0.687. The number of carbonyl (C=O) groups excluding carboxylic acids is 1. The van der Waals surface area contributed by atoms with E-state index in [0.29, 0.717) is 23.0 Å². The second-order valence-electron chi connectivity index (χ2n) is 3.83. The monoisotopic (exact) mass is 276 g/mol. The third-order valence-electron chi connectivity index (χ3n) is 2.47. The van der Waals surface area contributed by atoms with Crippen LogP contribution < -0.4 is 5.43 Å². The van der Waals surface area contributed by atoms with Gasteiger partial charge in [0.05, 0.1) is 11.2 Å². The predicted molar refractivity (Wildman–Crippen MR) is 75.2 cm³/mol. The molecular formula is C14H13ClN2O2. The number of carbonyl (C=O) groups is 1. The molecule has 1 heterocycles. The Kier molecular flexibility index (Phi) is 4.36. The van der Waals surface area contributed by atoms with E-state index in [-0.39, 0.29) is 5.91 Å². The Morgan fingerprint density at radius 3 is 2.89 bits per heavy atom. The molecule has 2 rings (SSSR count). The first-order chi connectivity index (χ1) is 9.20. The van der Waals surface area contributed by atoms with E-state index < -0.39 is 0 Å². The smallest absolute Gasteiger partial charge is 0.239 e. The summed E-state index contributed by atoms with van der Waals surface area (Å²) in [6.45, 7) is 1.76. The van der Waals surface area contributed by atoms with Gasteiger partial charge in [-0.05, 0) is 24.3 Å². The van der Waals surface area contributed by atoms with Crippen molar-refractivity contribution >= 4 is 23.7 Å². The molecule has 0 spiro atoms. The van der Waals surface area contributed by atoms with Crippen LogP contribution in [0.1, 0.15) is 19.1 Å². The molecule has 5 heteroatoms. The molecule has 0 radical (unpaired) electrons. The lowest BCUT2D eigenvalue weighted by molar-refractivity contribution is -0.120. The number of rotatable bonds is 4. The van der Waals surface area contributed by atoms with Crippen LogP contribution in [0, 0.1) is 0 Å². The van der Waals surface area contributed by atoms with Gasteiger partial charge in [0.2, 0.25) is 5.91 Å². The average Bonchev–Trinajstić information content (AvgIpc) is 2.87. The topological polar surface area (TPSA) is 54.6 Å². The minimum absolute atomic E-state index is 0.144. The van der Waals surface area contributed by atoms with Crippen LogP contribution >= 0.6 is 11.6 Å². The number of nitrogens with one attached hydrogen (secondary N) is 1. The molecule has 0 saturated carbocycles. The van der Waals surface area contributed by atoms with E-state index in [4.69, 9.17) is 16.0 Å². The molecule has 2 aromatic rings. The Balaban J connectivity index is 2.12. The van der Waals surface area contributed by atoms with Crippen molar-refractivity contribution in [1.82, 2.24) is 5.43 Å². The summed E-state index contributed by atoms with van der Waals surface area (Å²) in [4.78, 5) is 11.0. The summed E-state index contributed by atoms with van der Waals surface area (Å²) in [6.07, 6.45) is 1.84. The number of benzene rings is 1. The van der Waals surface area contributed by atoms with E-state index in [1.54, 1.807) is 19.1 Å². The summed E-state index contributed by atoms with van der Waals surface area (Å²) in [7, 11) is 0. The molecule has 1 amide bonds. The van der Waals surface area contributed by atoms with Crippen molar-refractivity contribution in [2.45, 2.75) is 13.3 Å². The fourth-order valence-corrected chi connectivity index (χ4v) is 1.70. The minimum Gasteiger partial charge on any atom is -0.455 e. The van der Waals surface area contributed by atoms with Gasteiger partial charge in [0.1, 0.15) is 11.5 Å². The van der Waals surface area contributed by atoms with Crippen molar-refractivity contribution in [3.05, 3.63) is 47.2 Å². The van der Waals surface area contributed by atoms with Gasteiger partial charge in [0.25, 0.3) is 0 Å². The molecule has 0 aliphatic carbocycles. The van der Waals surface area contributed by atoms with E-state index in [1.807, 2.05) is 24.3 Å². The maximum Gasteiger partial charge on any atom is 0.239 e.